The van der Waals surface area contributed by atoms with Gasteiger partial charge in [0.2, 0.25) is 6.41 Å². The van der Waals surface area contributed by atoms with Crippen LogP contribution in [-0.4, -0.2) is 30.4 Å². The molecule has 204 valence electrons. The Morgan fingerprint density at radius 3 is 2.33 bits per heavy atom. The van der Waals surface area contributed by atoms with Crippen molar-refractivity contribution < 1.29 is 9.72 Å². The smallest absolute Gasteiger partial charge is 0.269 e. The molecule has 0 aliphatic rings. The molecule has 1 heterocycles. The second-order valence-electron chi connectivity index (χ2n) is 8.65. The molecule has 0 atom stereocenters. The molecule has 0 radical (unpaired) electrons. The van der Waals surface area contributed by atoms with Gasteiger partial charge < -0.3 is 16.0 Å². The number of aromatic nitrogens is 1. The van der Waals surface area contributed by atoms with E-state index in [0.29, 0.717) is 12.2 Å². The number of carbonyl (C=O) groups excluding carboxylic acids is 1. The van der Waals surface area contributed by atoms with E-state index in [1.807, 2.05) is 49.4 Å². The molecule has 0 fully saturated rings. The number of hydrogen-bond donors (Lipinski definition) is 2. The minimum atomic E-state index is -0.376. The van der Waals surface area contributed by atoms with E-state index in [1.165, 1.54) is 17.3 Å². The van der Waals surface area contributed by atoms with E-state index in [-0.39, 0.29) is 10.6 Å². The molecule has 8 nitrogen and oxygen atoms in total. The van der Waals surface area contributed by atoms with Gasteiger partial charge in [0.05, 0.1) is 4.92 Å². The lowest BCUT2D eigenvalue weighted by atomic mass is 10.1. The number of carbonyl (C=O) groups is 1. The summed E-state index contributed by atoms with van der Waals surface area (Å²) >= 11 is 1.62. The molecular formula is C30H35N5O3S. The van der Waals surface area contributed by atoms with Gasteiger partial charge in [-0.15, -0.1) is 11.8 Å². The van der Waals surface area contributed by atoms with Gasteiger partial charge >= 0.3 is 0 Å². The van der Waals surface area contributed by atoms with Crippen LogP contribution in [0.25, 0.3) is 0 Å². The maximum absolute atomic E-state index is 10.4. The minimum absolute atomic E-state index is 0.171. The van der Waals surface area contributed by atoms with Crippen molar-refractivity contribution in [3.8, 4) is 0 Å². The van der Waals surface area contributed by atoms with Gasteiger partial charge in [0.25, 0.3) is 5.69 Å². The average Bonchev–Trinajstić information content (AvgIpc) is 2.94. The minimum Gasteiger partial charge on any atom is -0.383 e. The first-order valence-electron chi connectivity index (χ1n) is 12.3. The molecule has 0 unspecified atom stereocenters. The number of rotatable bonds is 8. The highest BCUT2D eigenvalue weighted by molar-refractivity contribution is 7.98. The zero-order valence-electron chi connectivity index (χ0n) is 22.7. The number of pyridine rings is 1. The Kier molecular flexibility index (Phi) is 13.0. The second kappa shape index (κ2) is 16.5. The summed E-state index contributed by atoms with van der Waals surface area (Å²) in [5.41, 5.74) is 11.4. The number of benzene rings is 3. The summed E-state index contributed by atoms with van der Waals surface area (Å²) in [6, 6.07) is 26.6. The van der Waals surface area contributed by atoms with Gasteiger partial charge in [0.1, 0.15) is 5.82 Å². The van der Waals surface area contributed by atoms with Crippen molar-refractivity contribution in [2.45, 2.75) is 30.9 Å². The summed E-state index contributed by atoms with van der Waals surface area (Å²) in [5.74, 6) is 1.33. The number of nitro benzene ring substituents is 1. The summed E-state index contributed by atoms with van der Waals surface area (Å²) in [5, 5.41) is 12.9. The number of nitrogen functional groups attached to an aromatic ring is 1. The molecule has 0 spiro atoms. The largest absolute Gasteiger partial charge is 0.383 e. The quantitative estimate of drug-likeness (QED) is 0.109. The van der Waals surface area contributed by atoms with E-state index in [0.717, 1.165) is 33.9 Å². The Morgan fingerprint density at radius 1 is 1.00 bits per heavy atom. The molecule has 0 aliphatic heterocycles. The monoisotopic (exact) mass is 545 g/mol. The normalized spacial score (nSPS) is 9.74. The Morgan fingerprint density at radius 2 is 1.72 bits per heavy atom. The summed E-state index contributed by atoms with van der Waals surface area (Å²) in [7, 11) is 4.10. The van der Waals surface area contributed by atoms with E-state index in [4.69, 9.17) is 5.73 Å². The van der Waals surface area contributed by atoms with Crippen LogP contribution >= 0.6 is 11.8 Å². The van der Waals surface area contributed by atoms with Gasteiger partial charge in [0.15, 0.2) is 0 Å². The summed E-state index contributed by atoms with van der Waals surface area (Å²) in [4.78, 5) is 27.4. The van der Waals surface area contributed by atoms with Gasteiger partial charge in [-0.25, -0.2) is 4.98 Å². The van der Waals surface area contributed by atoms with Crippen molar-refractivity contribution in [1.82, 2.24) is 4.98 Å². The molecule has 39 heavy (non-hydrogen) atoms. The highest BCUT2D eigenvalue weighted by atomic mass is 32.2. The van der Waals surface area contributed by atoms with Gasteiger partial charge in [0, 0.05) is 54.4 Å². The van der Waals surface area contributed by atoms with Crippen molar-refractivity contribution in [3.05, 3.63) is 118 Å². The molecule has 9 heteroatoms. The number of nitro groups is 1. The fraction of sp³-hybridized carbons (Fsp3) is 0.200. The summed E-state index contributed by atoms with van der Waals surface area (Å²) in [6.07, 6.45) is 3.18. The van der Waals surface area contributed by atoms with Crippen LogP contribution in [0.3, 0.4) is 0 Å². The second-order valence-corrected chi connectivity index (χ2v) is 9.67. The molecule has 1 aromatic heterocycles. The molecule has 0 aliphatic carbocycles. The number of aryl methyl sites for hydroxylation is 2. The van der Waals surface area contributed by atoms with Crippen LogP contribution in [0.15, 0.2) is 96.0 Å². The molecule has 1 amide bonds. The number of nitrogens with one attached hydrogen (secondary N) is 1. The van der Waals surface area contributed by atoms with Crippen LogP contribution in [0.4, 0.5) is 22.9 Å². The lowest BCUT2D eigenvalue weighted by Gasteiger charge is -2.11. The number of non-ortho nitro benzene ring substituents is 1. The maximum atomic E-state index is 10.4. The number of hydrogen-bond acceptors (Lipinski definition) is 7. The van der Waals surface area contributed by atoms with Crippen molar-refractivity contribution in [3.63, 3.8) is 0 Å². The molecule has 4 rings (SSSR count). The highest BCUT2D eigenvalue weighted by Gasteiger charge is 2.03. The lowest BCUT2D eigenvalue weighted by molar-refractivity contribution is -0.384. The Balaban J connectivity index is 0.000000219. The van der Waals surface area contributed by atoms with Crippen LogP contribution in [0.2, 0.25) is 0 Å². The molecule has 0 saturated heterocycles. The summed E-state index contributed by atoms with van der Waals surface area (Å²) < 4.78 is 0. The van der Waals surface area contributed by atoms with E-state index in [2.05, 4.69) is 60.5 Å². The van der Waals surface area contributed by atoms with E-state index >= 15 is 0 Å². The molecule has 3 aromatic carbocycles. The molecule has 0 bridgehead atoms. The third kappa shape index (κ3) is 11.3. The zero-order valence-corrected chi connectivity index (χ0v) is 23.5. The fourth-order valence-electron chi connectivity index (χ4n) is 3.30. The third-order valence-electron chi connectivity index (χ3n) is 5.39. The van der Waals surface area contributed by atoms with Gasteiger partial charge in [-0.3, -0.25) is 14.9 Å². The summed E-state index contributed by atoms with van der Waals surface area (Å²) in [6.45, 7) is 4.08. The molecular weight excluding hydrogens is 510 g/mol. The topological polar surface area (TPSA) is 114 Å². The first kappa shape index (κ1) is 30.9. The van der Waals surface area contributed by atoms with E-state index < -0.39 is 0 Å². The number of thioether (sulfide) groups is 1. The number of nitrogens with two attached hydrogens (primary N) is 1. The van der Waals surface area contributed by atoms with Crippen LogP contribution in [-0.2, 0) is 17.0 Å². The van der Waals surface area contributed by atoms with E-state index in [9.17, 15) is 14.9 Å². The van der Waals surface area contributed by atoms with E-state index in [1.54, 1.807) is 30.1 Å². The predicted octanol–water partition coefficient (Wildman–Crippen LogP) is 6.74. The average molecular weight is 546 g/mol. The fourth-order valence-corrected chi connectivity index (χ4v) is 4.18. The van der Waals surface area contributed by atoms with Gasteiger partial charge in [-0.2, -0.15) is 0 Å². The van der Waals surface area contributed by atoms with Gasteiger partial charge in [-0.05, 0) is 66.4 Å². The first-order valence-corrected chi connectivity index (χ1v) is 13.3. The standard InChI is InChI=1S/C13H13N3OS.C9H13N.C8H9NO2/c14-13-12(5-2-6-15-13)18-8-10-3-1-4-11(7-10)16-9-17;1-8-5-4-6-9(7-8)10(2)3;1-2-7-4-3-5-8(6-7)9(10)11/h1-7,9H,8H2,(H2,14,15)(H,16,17);4-7H,1-3H3;3-6H,2H2,1H3. The first-order chi connectivity index (χ1) is 18.7. The van der Waals surface area contributed by atoms with Crippen LogP contribution in [0.1, 0.15) is 23.6 Å². The van der Waals surface area contributed by atoms with Crippen LogP contribution in [0.5, 0.6) is 0 Å². The van der Waals surface area contributed by atoms with Crippen molar-refractivity contribution >= 4 is 41.1 Å². The van der Waals surface area contributed by atoms with Gasteiger partial charge in [-0.1, -0.05) is 43.3 Å². The predicted molar refractivity (Wildman–Crippen MR) is 162 cm³/mol. The Labute approximate surface area is 234 Å². The third-order valence-corrected chi connectivity index (χ3v) is 6.53. The highest BCUT2D eigenvalue weighted by Crippen LogP contribution is 2.27. The van der Waals surface area contributed by atoms with Crippen molar-refractivity contribution in [2.24, 2.45) is 0 Å². The maximum Gasteiger partial charge on any atom is 0.269 e. The number of anilines is 3. The Bertz CT molecular complexity index is 1350. The SMILES string of the molecule is CCc1cccc([N+](=O)[O-])c1.Cc1cccc(N(C)C)c1.Nc1ncccc1SCc1cccc(NC=O)c1. The van der Waals surface area contributed by atoms with Crippen molar-refractivity contribution in [1.29, 1.82) is 0 Å². The van der Waals surface area contributed by atoms with Crippen molar-refractivity contribution in [2.75, 3.05) is 30.0 Å². The Hall–Kier alpha value is -4.37. The molecule has 3 N–H and O–H groups in total. The lowest BCUT2D eigenvalue weighted by Crippen LogP contribution is -2.08. The van der Waals surface area contributed by atoms with Crippen LogP contribution < -0.4 is 16.0 Å². The number of nitrogens with zero attached hydrogens (tertiary/aromatic N) is 3. The molecule has 0 saturated carbocycles. The van der Waals surface area contributed by atoms with Crippen LogP contribution in [0, 0.1) is 17.0 Å². The zero-order chi connectivity index (χ0) is 28.6. The molecule has 4 aromatic rings. The number of amides is 1.